The molecule has 1 heterocycles. The largest absolute Gasteiger partial charge is 0.478 e. The molecule has 106 valence electrons. The highest BCUT2D eigenvalue weighted by atomic mass is 32.1. The van der Waals surface area contributed by atoms with E-state index >= 15 is 0 Å². The third-order valence-corrected chi connectivity index (χ3v) is 3.69. The van der Waals surface area contributed by atoms with Crippen LogP contribution in [-0.2, 0) is 0 Å². The molecule has 7 heteroatoms. The van der Waals surface area contributed by atoms with Crippen molar-refractivity contribution in [2.24, 2.45) is 0 Å². The molecular formula is C13H12F2N2O2S. The molecule has 0 bridgehead atoms. The number of carbonyl (C=O) groups is 1. The molecule has 0 amide bonds. The van der Waals surface area contributed by atoms with Gasteiger partial charge in [0, 0.05) is 11.6 Å². The van der Waals surface area contributed by atoms with Crippen LogP contribution in [0.15, 0.2) is 23.7 Å². The second-order valence-electron chi connectivity index (χ2n) is 4.07. The molecule has 0 aliphatic carbocycles. The number of aromatic carboxylic acids is 1. The van der Waals surface area contributed by atoms with Crippen LogP contribution in [0.4, 0.5) is 14.5 Å². The molecule has 1 aromatic carbocycles. The lowest BCUT2D eigenvalue weighted by Gasteiger charge is -2.17. The minimum absolute atomic E-state index is 0.0745. The number of aromatic nitrogens is 1. The molecule has 4 nitrogen and oxygen atoms in total. The highest BCUT2D eigenvalue weighted by molar-refractivity contribution is 7.09. The second kappa shape index (κ2) is 5.96. The highest BCUT2D eigenvalue weighted by Gasteiger charge is 2.20. The molecule has 0 aliphatic rings. The minimum Gasteiger partial charge on any atom is -0.478 e. The van der Waals surface area contributed by atoms with Crippen LogP contribution in [-0.4, -0.2) is 16.1 Å². The van der Waals surface area contributed by atoms with Gasteiger partial charge >= 0.3 is 5.97 Å². The van der Waals surface area contributed by atoms with Crippen molar-refractivity contribution in [3.05, 3.63) is 45.9 Å². The summed E-state index contributed by atoms with van der Waals surface area (Å²) in [5, 5.41) is 14.1. The van der Waals surface area contributed by atoms with Crippen molar-refractivity contribution in [1.29, 1.82) is 0 Å². The lowest BCUT2D eigenvalue weighted by atomic mass is 10.1. The zero-order valence-electron chi connectivity index (χ0n) is 10.6. The number of benzene rings is 1. The van der Waals surface area contributed by atoms with Gasteiger partial charge < -0.3 is 10.4 Å². The molecule has 0 saturated carbocycles. The molecule has 2 rings (SSSR count). The zero-order chi connectivity index (χ0) is 14.7. The Labute approximate surface area is 118 Å². The second-order valence-corrected chi connectivity index (χ2v) is 5.00. The molecular weight excluding hydrogens is 286 g/mol. The number of rotatable bonds is 5. The number of halogens is 2. The quantitative estimate of drug-likeness (QED) is 0.884. The predicted molar refractivity (Wildman–Crippen MR) is 72.1 cm³/mol. The van der Waals surface area contributed by atoms with Crippen LogP contribution < -0.4 is 5.32 Å². The summed E-state index contributed by atoms with van der Waals surface area (Å²) >= 11 is 1.41. The fraction of sp³-hybridized carbons (Fsp3) is 0.231. The normalized spacial score (nSPS) is 12.2. The maximum absolute atomic E-state index is 13.8. The van der Waals surface area contributed by atoms with Crippen molar-refractivity contribution < 1.29 is 18.7 Å². The Balaban J connectivity index is 2.30. The van der Waals surface area contributed by atoms with E-state index in [1.54, 1.807) is 11.6 Å². The van der Waals surface area contributed by atoms with Gasteiger partial charge in [-0.3, -0.25) is 0 Å². The number of anilines is 1. The van der Waals surface area contributed by atoms with E-state index < -0.39 is 23.2 Å². The van der Waals surface area contributed by atoms with Crippen LogP contribution in [0.1, 0.15) is 34.8 Å². The maximum Gasteiger partial charge on any atom is 0.338 e. The van der Waals surface area contributed by atoms with Crippen LogP contribution in [0.2, 0.25) is 0 Å². The van der Waals surface area contributed by atoms with E-state index in [1.807, 2.05) is 6.92 Å². The predicted octanol–water partition coefficient (Wildman–Crippen LogP) is 3.68. The summed E-state index contributed by atoms with van der Waals surface area (Å²) in [5.74, 6) is -4.06. The van der Waals surface area contributed by atoms with Crippen molar-refractivity contribution in [2.45, 2.75) is 19.4 Å². The fourth-order valence-electron chi connectivity index (χ4n) is 1.76. The molecule has 2 N–H and O–H groups in total. The van der Waals surface area contributed by atoms with Gasteiger partial charge in [-0.25, -0.2) is 18.6 Å². The van der Waals surface area contributed by atoms with E-state index in [0.717, 1.165) is 11.1 Å². The zero-order valence-corrected chi connectivity index (χ0v) is 11.4. The maximum atomic E-state index is 13.8. The number of thiazole rings is 1. The summed E-state index contributed by atoms with van der Waals surface area (Å²) in [4.78, 5) is 14.8. The van der Waals surface area contributed by atoms with Gasteiger partial charge in [-0.05, 0) is 18.6 Å². The first-order chi connectivity index (χ1) is 9.54. The average molecular weight is 298 g/mol. The number of nitrogens with one attached hydrogen (secondary N) is 1. The monoisotopic (exact) mass is 298 g/mol. The third-order valence-electron chi connectivity index (χ3n) is 2.80. The average Bonchev–Trinajstić information content (AvgIpc) is 2.94. The smallest absolute Gasteiger partial charge is 0.338 e. The van der Waals surface area contributed by atoms with E-state index in [1.165, 1.54) is 17.4 Å². The first-order valence-electron chi connectivity index (χ1n) is 5.91. The van der Waals surface area contributed by atoms with Gasteiger partial charge in [0.25, 0.3) is 0 Å². The Morgan fingerprint density at radius 1 is 1.45 bits per heavy atom. The summed E-state index contributed by atoms with van der Waals surface area (Å²) < 4.78 is 27.4. The molecule has 0 spiro atoms. The first-order valence-corrected chi connectivity index (χ1v) is 6.79. The molecule has 1 unspecified atom stereocenters. The summed E-state index contributed by atoms with van der Waals surface area (Å²) in [6, 6.07) is 2.01. The van der Waals surface area contributed by atoms with Crippen LogP contribution in [0.25, 0.3) is 0 Å². The summed E-state index contributed by atoms with van der Waals surface area (Å²) in [5.41, 5.74) is -0.759. The molecule has 0 radical (unpaired) electrons. The SMILES string of the molecule is CCC(Nc1ccc(C(=O)O)c(F)c1F)c1nccs1. The standard InChI is InChI=1S/C13H12F2N2O2S/c1-2-8(12-16-5-6-20-12)17-9-4-3-7(13(18)19)10(14)11(9)15/h3-6,8,17H,2H2,1H3,(H,18,19). The highest BCUT2D eigenvalue weighted by Crippen LogP contribution is 2.27. The number of hydrogen-bond acceptors (Lipinski definition) is 4. The number of nitrogens with zero attached hydrogens (tertiary/aromatic N) is 1. The molecule has 1 atom stereocenters. The van der Waals surface area contributed by atoms with Gasteiger partial charge in [0.2, 0.25) is 0 Å². The van der Waals surface area contributed by atoms with Crippen LogP contribution >= 0.6 is 11.3 Å². The summed E-state index contributed by atoms with van der Waals surface area (Å²) in [7, 11) is 0. The van der Waals surface area contributed by atoms with Crippen LogP contribution in [0.3, 0.4) is 0 Å². The molecule has 1 aromatic heterocycles. The van der Waals surface area contributed by atoms with E-state index in [0.29, 0.717) is 6.42 Å². The Morgan fingerprint density at radius 2 is 2.20 bits per heavy atom. The van der Waals surface area contributed by atoms with Gasteiger partial charge in [0.15, 0.2) is 11.6 Å². The van der Waals surface area contributed by atoms with E-state index in [-0.39, 0.29) is 11.7 Å². The lowest BCUT2D eigenvalue weighted by molar-refractivity contribution is 0.0690. The van der Waals surface area contributed by atoms with Crippen molar-refractivity contribution in [3.63, 3.8) is 0 Å². The van der Waals surface area contributed by atoms with E-state index in [2.05, 4.69) is 10.3 Å². The van der Waals surface area contributed by atoms with Crippen LogP contribution in [0.5, 0.6) is 0 Å². The number of carboxylic acid groups (broad SMARTS) is 1. The third kappa shape index (κ3) is 2.77. The lowest BCUT2D eigenvalue weighted by Crippen LogP contribution is -2.12. The molecule has 0 fully saturated rings. The molecule has 0 aliphatic heterocycles. The Bertz CT molecular complexity index is 617. The van der Waals surface area contributed by atoms with Crippen molar-refractivity contribution in [1.82, 2.24) is 4.98 Å². The van der Waals surface area contributed by atoms with Gasteiger partial charge in [-0.15, -0.1) is 11.3 Å². The fourth-order valence-corrected chi connectivity index (χ4v) is 2.53. The minimum atomic E-state index is -1.50. The summed E-state index contributed by atoms with van der Waals surface area (Å²) in [6.45, 7) is 1.89. The number of hydrogen-bond donors (Lipinski definition) is 2. The van der Waals surface area contributed by atoms with Crippen molar-refractivity contribution in [3.8, 4) is 0 Å². The van der Waals surface area contributed by atoms with Gasteiger partial charge in [0.1, 0.15) is 5.01 Å². The molecule has 20 heavy (non-hydrogen) atoms. The van der Waals surface area contributed by atoms with Gasteiger partial charge in [0.05, 0.1) is 17.3 Å². The first kappa shape index (κ1) is 14.4. The molecule has 2 aromatic rings. The van der Waals surface area contributed by atoms with Crippen molar-refractivity contribution in [2.75, 3.05) is 5.32 Å². The van der Waals surface area contributed by atoms with E-state index in [4.69, 9.17) is 5.11 Å². The van der Waals surface area contributed by atoms with Crippen molar-refractivity contribution >= 4 is 23.0 Å². The van der Waals surface area contributed by atoms with Crippen LogP contribution in [0, 0.1) is 11.6 Å². The van der Waals surface area contributed by atoms with Gasteiger partial charge in [-0.1, -0.05) is 6.92 Å². The Hall–Kier alpha value is -2.02. The topological polar surface area (TPSA) is 62.2 Å². The Morgan fingerprint density at radius 3 is 2.75 bits per heavy atom. The van der Waals surface area contributed by atoms with Gasteiger partial charge in [-0.2, -0.15) is 0 Å². The number of carboxylic acids is 1. The molecule has 0 saturated heterocycles. The Kier molecular flexibility index (Phi) is 4.29. The summed E-state index contributed by atoms with van der Waals surface area (Å²) in [6.07, 6.45) is 2.27. The van der Waals surface area contributed by atoms with E-state index in [9.17, 15) is 13.6 Å².